The molecule has 1 aromatic carbocycles. The average molecular weight is 333 g/mol. The van der Waals surface area contributed by atoms with Gasteiger partial charge in [-0.1, -0.05) is 30.3 Å². The first-order valence-electron chi connectivity index (χ1n) is 6.99. The molecule has 0 N–H and O–H groups in total. The third-order valence-electron chi connectivity index (χ3n) is 2.95. The number of hydrogen-bond acceptors (Lipinski definition) is 6. The second kappa shape index (κ2) is 7.73. The summed E-state index contributed by atoms with van der Waals surface area (Å²) in [5.74, 6) is -1.72. The number of carbonyl (C=O) groups is 4. The lowest BCUT2D eigenvalue weighted by Crippen LogP contribution is -2.34. The number of nitrogens with zero attached hydrogens (tertiary/aromatic N) is 1. The number of carbonyl (C=O) groups excluding carboxylic acids is 4. The van der Waals surface area contributed by atoms with E-state index in [-0.39, 0.29) is 11.5 Å². The Balaban J connectivity index is 2.03. The van der Waals surface area contributed by atoms with Crippen LogP contribution in [-0.2, 0) is 19.1 Å². The van der Waals surface area contributed by atoms with E-state index in [0.29, 0.717) is 0 Å². The Bertz CT molecular complexity index is 668. The molecule has 7 heteroatoms. The fraction of sp³-hybridized carbons (Fsp3) is 0.250. The fourth-order valence-corrected chi connectivity index (χ4v) is 2.78. The lowest BCUT2D eigenvalue weighted by Gasteiger charge is -2.10. The van der Waals surface area contributed by atoms with Crippen LogP contribution in [-0.4, -0.2) is 41.0 Å². The van der Waals surface area contributed by atoms with Gasteiger partial charge in [0.25, 0.3) is 11.1 Å². The smallest absolute Gasteiger partial charge is 0.313 e. The summed E-state index contributed by atoms with van der Waals surface area (Å²) < 4.78 is 4.67. The molecule has 0 unspecified atom stereocenters. The molecule has 0 aromatic heterocycles. The first-order valence-corrected chi connectivity index (χ1v) is 7.80. The van der Waals surface area contributed by atoms with Crippen molar-refractivity contribution < 1.29 is 23.9 Å². The van der Waals surface area contributed by atoms with Crippen LogP contribution in [0.4, 0.5) is 4.79 Å². The molecule has 0 atom stereocenters. The van der Waals surface area contributed by atoms with E-state index < -0.39 is 35.9 Å². The number of benzene rings is 1. The minimum Gasteiger partial charge on any atom is -0.466 e. The summed E-state index contributed by atoms with van der Waals surface area (Å²) in [7, 11) is 0. The molecule has 23 heavy (non-hydrogen) atoms. The number of ketones is 1. The zero-order chi connectivity index (χ0) is 16.8. The van der Waals surface area contributed by atoms with Crippen LogP contribution in [0.3, 0.4) is 0 Å². The lowest BCUT2D eigenvalue weighted by atomic mass is 10.2. The molecule has 1 aliphatic rings. The van der Waals surface area contributed by atoms with Crippen molar-refractivity contribution in [3.8, 4) is 0 Å². The summed E-state index contributed by atoms with van der Waals surface area (Å²) in [5, 5.41) is -0.519. The molecule has 0 saturated carbocycles. The van der Waals surface area contributed by atoms with Gasteiger partial charge in [0, 0.05) is 0 Å². The van der Waals surface area contributed by atoms with Gasteiger partial charge in [0.15, 0.2) is 5.78 Å². The van der Waals surface area contributed by atoms with E-state index in [1.54, 1.807) is 25.1 Å². The standard InChI is InChI=1S/C16H15NO5S/c1-2-22-14(19)9-12(18)10-17-15(20)13(23-16(17)21)8-11-6-4-3-5-7-11/h3-8H,2,9-10H2,1H3/b13-8-. The van der Waals surface area contributed by atoms with Gasteiger partial charge in [-0.25, -0.2) is 0 Å². The summed E-state index contributed by atoms with van der Waals surface area (Å²) in [4.78, 5) is 48.2. The summed E-state index contributed by atoms with van der Waals surface area (Å²) in [6, 6.07) is 9.09. The number of imide groups is 1. The van der Waals surface area contributed by atoms with Crippen molar-refractivity contribution in [3.63, 3.8) is 0 Å². The Hall–Kier alpha value is -2.41. The summed E-state index contributed by atoms with van der Waals surface area (Å²) in [5.41, 5.74) is 0.788. The Labute approximate surface area is 137 Å². The Morgan fingerprint density at radius 2 is 1.91 bits per heavy atom. The number of esters is 1. The molecule has 0 aliphatic carbocycles. The van der Waals surface area contributed by atoms with Crippen molar-refractivity contribution in [2.24, 2.45) is 0 Å². The highest BCUT2D eigenvalue weighted by atomic mass is 32.2. The van der Waals surface area contributed by atoms with Crippen LogP contribution in [0.15, 0.2) is 35.2 Å². The van der Waals surface area contributed by atoms with Gasteiger partial charge in [0.1, 0.15) is 6.42 Å². The molecular weight excluding hydrogens is 318 g/mol. The molecule has 2 amide bonds. The van der Waals surface area contributed by atoms with Crippen molar-refractivity contribution in [3.05, 3.63) is 40.8 Å². The van der Waals surface area contributed by atoms with E-state index in [1.807, 2.05) is 18.2 Å². The number of hydrogen-bond donors (Lipinski definition) is 0. The number of rotatable bonds is 6. The van der Waals surface area contributed by atoms with Crippen molar-refractivity contribution in [1.29, 1.82) is 0 Å². The topological polar surface area (TPSA) is 80.8 Å². The van der Waals surface area contributed by atoms with Crippen molar-refractivity contribution >= 4 is 40.7 Å². The number of Topliss-reactive ketones (excluding diaryl/α,β-unsaturated/α-hetero) is 1. The summed E-state index contributed by atoms with van der Waals surface area (Å²) in [6.45, 7) is 1.39. The molecule has 1 aliphatic heterocycles. The predicted octanol–water partition coefficient (Wildman–Crippen LogP) is 2.25. The molecular formula is C16H15NO5S. The first-order chi connectivity index (χ1) is 11.0. The fourth-order valence-electron chi connectivity index (χ4n) is 1.94. The average Bonchev–Trinajstić information content (AvgIpc) is 2.76. The first kappa shape index (κ1) is 17.0. The second-order valence-corrected chi connectivity index (χ2v) is 5.69. The van der Waals surface area contributed by atoms with Crippen molar-refractivity contribution in [2.75, 3.05) is 13.2 Å². The van der Waals surface area contributed by atoms with Gasteiger partial charge in [-0.15, -0.1) is 0 Å². The van der Waals surface area contributed by atoms with Crippen LogP contribution in [0.5, 0.6) is 0 Å². The van der Waals surface area contributed by atoms with Gasteiger partial charge in [0.05, 0.1) is 18.1 Å². The predicted molar refractivity (Wildman–Crippen MR) is 85.4 cm³/mol. The molecule has 1 heterocycles. The molecule has 0 radical (unpaired) electrons. The monoisotopic (exact) mass is 333 g/mol. The van der Waals surface area contributed by atoms with E-state index in [0.717, 1.165) is 22.2 Å². The summed E-state index contributed by atoms with van der Waals surface area (Å²) in [6.07, 6.45) is 1.15. The molecule has 6 nitrogen and oxygen atoms in total. The quantitative estimate of drug-likeness (QED) is 0.451. The van der Waals surface area contributed by atoms with Crippen LogP contribution >= 0.6 is 11.8 Å². The SMILES string of the molecule is CCOC(=O)CC(=O)CN1C(=O)S/C(=C\c2ccccc2)C1=O. The van der Waals surface area contributed by atoms with Crippen LogP contribution in [0.25, 0.3) is 6.08 Å². The van der Waals surface area contributed by atoms with Gasteiger partial charge >= 0.3 is 5.97 Å². The maximum absolute atomic E-state index is 12.2. The molecule has 2 rings (SSSR count). The van der Waals surface area contributed by atoms with Gasteiger partial charge < -0.3 is 4.74 Å². The highest BCUT2D eigenvalue weighted by Gasteiger charge is 2.36. The zero-order valence-electron chi connectivity index (χ0n) is 12.5. The second-order valence-electron chi connectivity index (χ2n) is 4.70. The molecule has 0 bridgehead atoms. The van der Waals surface area contributed by atoms with Gasteiger partial charge in [0.2, 0.25) is 0 Å². The van der Waals surface area contributed by atoms with Crippen LogP contribution in [0.1, 0.15) is 18.9 Å². The van der Waals surface area contributed by atoms with Gasteiger partial charge in [-0.2, -0.15) is 0 Å². The Morgan fingerprint density at radius 1 is 1.22 bits per heavy atom. The number of thioether (sulfide) groups is 1. The van der Waals surface area contributed by atoms with E-state index in [9.17, 15) is 19.2 Å². The maximum Gasteiger partial charge on any atom is 0.313 e. The molecule has 120 valence electrons. The highest BCUT2D eigenvalue weighted by Crippen LogP contribution is 2.32. The number of amides is 2. The minimum atomic E-state index is -0.663. The minimum absolute atomic E-state index is 0.174. The lowest BCUT2D eigenvalue weighted by molar-refractivity contribution is -0.146. The Morgan fingerprint density at radius 3 is 2.57 bits per heavy atom. The largest absolute Gasteiger partial charge is 0.466 e. The van der Waals surface area contributed by atoms with Crippen LogP contribution < -0.4 is 0 Å². The third kappa shape index (κ3) is 4.53. The number of ether oxygens (including phenoxy) is 1. The normalized spacial score (nSPS) is 16.0. The van der Waals surface area contributed by atoms with E-state index >= 15 is 0 Å². The van der Waals surface area contributed by atoms with E-state index in [4.69, 9.17) is 0 Å². The Kier molecular flexibility index (Phi) is 5.70. The molecule has 0 spiro atoms. The van der Waals surface area contributed by atoms with Crippen LogP contribution in [0.2, 0.25) is 0 Å². The van der Waals surface area contributed by atoms with Crippen molar-refractivity contribution in [1.82, 2.24) is 4.90 Å². The van der Waals surface area contributed by atoms with Crippen molar-refractivity contribution in [2.45, 2.75) is 13.3 Å². The zero-order valence-corrected chi connectivity index (χ0v) is 13.3. The van der Waals surface area contributed by atoms with E-state index in [1.165, 1.54) is 0 Å². The van der Waals surface area contributed by atoms with Crippen LogP contribution in [0, 0.1) is 0 Å². The van der Waals surface area contributed by atoms with Gasteiger partial charge in [-0.05, 0) is 30.3 Å². The molecule has 1 fully saturated rings. The molecule has 1 aromatic rings. The van der Waals surface area contributed by atoms with E-state index in [2.05, 4.69) is 4.74 Å². The summed E-state index contributed by atoms with van der Waals surface area (Å²) >= 11 is 0.778. The molecule has 1 saturated heterocycles. The third-order valence-corrected chi connectivity index (χ3v) is 3.86. The maximum atomic E-state index is 12.2. The van der Waals surface area contributed by atoms with Gasteiger partial charge in [-0.3, -0.25) is 24.1 Å². The highest BCUT2D eigenvalue weighted by molar-refractivity contribution is 8.18.